The van der Waals surface area contributed by atoms with Crippen LogP contribution in [0.2, 0.25) is 0 Å². The Labute approximate surface area is 196 Å². The van der Waals surface area contributed by atoms with E-state index in [2.05, 4.69) is 17.2 Å². The first kappa shape index (κ1) is 23.6. The van der Waals surface area contributed by atoms with Gasteiger partial charge >= 0.3 is 11.8 Å². The van der Waals surface area contributed by atoms with Crippen molar-refractivity contribution >= 4 is 28.9 Å². The lowest BCUT2D eigenvalue weighted by Crippen LogP contribution is -2.47. The van der Waals surface area contributed by atoms with Crippen molar-refractivity contribution in [2.24, 2.45) is 7.05 Å². The van der Waals surface area contributed by atoms with Crippen molar-refractivity contribution in [1.82, 2.24) is 19.4 Å². The summed E-state index contributed by atoms with van der Waals surface area (Å²) in [4.78, 5) is 50.6. The lowest BCUT2D eigenvalue weighted by molar-refractivity contribution is -0.135. The Morgan fingerprint density at radius 3 is 2.68 bits per heavy atom. The first-order chi connectivity index (χ1) is 16.0. The highest BCUT2D eigenvalue weighted by molar-refractivity contribution is 6.00. The molecule has 2 aromatic rings. The molecule has 0 radical (unpaired) electrons. The second-order valence-electron chi connectivity index (χ2n) is 9.44. The Balaban J connectivity index is 1.55. The number of imidazole rings is 1. The van der Waals surface area contributed by atoms with Crippen molar-refractivity contribution in [3.8, 4) is 11.8 Å². The quantitative estimate of drug-likeness (QED) is 0.499. The number of morpholine rings is 1. The van der Waals surface area contributed by atoms with Crippen LogP contribution in [0.15, 0.2) is 23.0 Å². The van der Waals surface area contributed by atoms with Gasteiger partial charge in [-0.05, 0) is 45.4 Å². The number of hydrogen-bond acceptors (Lipinski definition) is 6. The minimum absolute atomic E-state index is 0.185. The number of fused-ring (bicyclic) bond motifs is 1. The topological polar surface area (TPSA) is 112 Å². The first-order valence-corrected chi connectivity index (χ1v) is 11.2. The third kappa shape index (κ3) is 4.84. The van der Waals surface area contributed by atoms with Crippen molar-refractivity contribution in [2.45, 2.75) is 51.4 Å². The highest BCUT2D eigenvalue weighted by Crippen LogP contribution is 2.23. The highest BCUT2D eigenvalue weighted by Gasteiger charge is 2.31. The van der Waals surface area contributed by atoms with Crippen molar-refractivity contribution in [1.29, 1.82) is 0 Å². The Morgan fingerprint density at radius 2 is 1.97 bits per heavy atom. The standard InChI is InChI=1S/C24H28N4O6/c1-24(2,3)34-23(32)27-11-12-33-16(14-27)7-5-15-6-8-17-19(13-15)26(4)22(31)28(17)18-9-10-20(29)25-21(18)30/h6,8,13,16,18H,9-12,14H2,1-4H3,(H,25,29,30)/t16-,18?/m0/s1. The van der Waals surface area contributed by atoms with Crippen molar-refractivity contribution in [2.75, 3.05) is 19.7 Å². The molecule has 0 saturated carbocycles. The van der Waals surface area contributed by atoms with Crippen molar-refractivity contribution in [3.05, 3.63) is 34.2 Å². The molecule has 4 rings (SSSR count). The molecule has 2 atom stereocenters. The van der Waals surface area contributed by atoms with Crippen LogP contribution >= 0.6 is 0 Å². The molecule has 2 aliphatic heterocycles. The number of imide groups is 1. The molecule has 1 aromatic heterocycles. The zero-order valence-electron chi connectivity index (χ0n) is 19.7. The molecule has 2 fully saturated rings. The first-order valence-electron chi connectivity index (χ1n) is 11.2. The number of rotatable bonds is 1. The average Bonchev–Trinajstić information content (AvgIpc) is 3.01. The monoisotopic (exact) mass is 468 g/mol. The lowest BCUT2D eigenvalue weighted by atomic mass is 10.1. The predicted molar refractivity (Wildman–Crippen MR) is 123 cm³/mol. The second-order valence-corrected chi connectivity index (χ2v) is 9.44. The van der Waals surface area contributed by atoms with Crippen LogP contribution in [0.3, 0.4) is 0 Å². The van der Waals surface area contributed by atoms with Gasteiger partial charge in [-0.25, -0.2) is 9.59 Å². The Hall–Kier alpha value is -3.58. The van der Waals surface area contributed by atoms with Gasteiger partial charge in [0.2, 0.25) is 11.8 Å². The molecule has 10 nitrogen and oxygen atoms in total. The maximum atomic E-state index is 12.9. The third-order valence-electron chi connectivity index (χ3n) is 5.71. The molecule has 34 heavy (non-hydrogen) atoms. The van der Waals surface area contributed by atoms with Gasteiger partial charge in [0.05, 0.1) is 24.2 Å². The number of carbonyl (C=O) groups is 3. The van der Waals surface area contributed by atoms with E-state index in [9.17, 15) is 19.2 Å². The van der Waals surface area contributed by atoms with Gasteiger partial charge in [-0.3, -0.25) is 24.0 Å². The number of carbonyl (C=O) groups excluding carboxylic acids is 3. The number of hydrogen-bond donors (Lipinski definition) is 1. The minimum Gasteiger partial charge on any atom is -0.444 e. The molecule has 10 heteroatoms. The van der Waals surface area contributed by atoms with E-state index in [0.717, 1.165) is 0 Å². The summed E-state index contributed by atoms with van der Waals surface area (Å²) in [5.74, 6) is 5.31. The minimum atomic E-state index is -0.736. The molecule has 0 aliphatic carbocycles. The average molecular weight is 469 g/mol. The summed E-state index contributed by atoms with van der Waals surface area (Å²) in [5, 5.41) is 2.30. The van der Waals surface area contributed by atoms with Gasteiger partial charge in [0.1, 0.15) is 17.7 Å². The van der Waals surface area contributed by atoms with Gasteiger partial charge < -0.3 is 14.4 Å². The number of amides is 3. The molecule has 180 valence electrons. The molecule has 3 heterocycles. The SMILES string of the molecule is Cn1c(=O)n(C2CCC(=O)NC2=O)c2ccc(C#C[C@H]3CN(C(=O)OC(C)(C)C)CCO3)cc21. The predicted octanol–water partition coefficient (Wildman–Crippen LogP) is 1.31. The van der Waals surface area contributed by atoms with Crippen molar-refractivity contribution in [3.63, 3.8) is 0 Å². The lowest BCUT2D eigenvalue weighted by Gasteiger charge is -2.32. The van der Waals surface area contributed by atoms with Crippen LogP contribution in [0.5, 0.6) is 0 Å². The Morgan fingerprint density at radius 1 is 1.21 bits per heavy atom. The number of ether oxygens (including phenoxy) is 2. The molecule has 3 amide bonds. The van der Waals surface area contributed by atoms with Crippen LogP contribution in [0, 0.1) is 11.8 Å². The third-order valence-corrected chi connectivity index (χ3v) is 5.71. The van der Waals surface area contributed by atoms with E-state index in [1.807, 2.05) is 20.8 Å². The molecule has 1 unspecified atom stereocenters. The summed E-state index contributed by atoms with van der Waals surface area (Å²) in [5.41, 5.74) is 0.977. The van der Waals surface area contributed by atoms with Crippen LogP contribution in [0.1, 0.15) is 45.2 Å². The summed E-state index contributed by atoms with van der Waals surface area (Å²) < 4.78 is 14.0. The molecular weight excluding hydrogens is 440 g/mol. The van der Waals surface area contributed by atoms with Crippen molar-refractivity contribution < 1.29 is 23.9 Å². The van der Waals surface area contributed by atoms with E-state index in [4.69, 9.17) is 9.47 Å². The second kappa shape index (κ2) is 8.99. The van der Waals surface area contributed by atoms with Crippen LogP contribution < -0.4 is 11.0 Å². The maximum Gasteiger partial charge on any atom is 0.410 e. The summed E-state index contributed by atoms with van der Waals surface area (Å²) in [6.45, 7) is 6.56. The van der Waals surface area contributed by atoms with Gasteiger partial charge in [0, 0.05) is 25.6 Å². The summed E-state index contributed by atoms with van der Waals surface area (Å²) in [6.07, 6.45) is -0.397. The number of piperidine rings is 1. The van der Waals surface area contributed by atoms with Gasteiger partial charge in [-0.2, -0.15) is 0 Å². The Bertz CT molecular complexity index is 1270. The molecule has 1 N–H and O–H groups in total. The van der Waals surface area contributed by atoms with Gasteiger partial charge in [-0.15, -0.1) is 0 Å². The number of aryl methyl sites for hydroxylation is 1. The maximum absolute atomic E-state index is 12.9. The summed E-state index contributed by atoms with van der Waals surface area (Å²) in [7, 11) is 1.63. The van der Waals surface area contributed by atoms with Crippen LogP contribution in [-0.4, -0.2) is 63.3 Å². The highest BCUT2D eigenvalue weighted by atomic mass is 16.6. The summed E-state index contributed by atoms with van der Waals surface area (Å²) in [6, 6.07) is 4.56. The van der Waals surface area contributed by atoms with Crippen LogP contribution in [0.4, 0.5) is 4.79 Å². The molecule has 1 aromatic carbocycles. The van der Waals surface area contributed by atoms with E-state index in [-0.39, 0.29) is 24.4 Å². The molecule has 2 aliphatic rings. The van der Waals surface area contributed by atoms with Gasteiger partial charge in [-0.1, -0.05) is 11.8 Å². The molecule has 0 spiro atoms. The molecular formula is C24H28N4O6. The van der Waals surface area contributed by atoms with Gasteiger partial charge in [0.25, 0.3) is 0 Å². The number of nitrogens with one attached hydrogen (secondary N) is 1. The number of nitrogens with zero attached hydrogens (tertiary/aromatic N) is 3. The van der Waals surface area contributed by atoms with Crippen LogP contribution in [-0.2, 0) is 26.1 Å². The van der Waals surface area contributed by atoms with E-state index < -0.39 is 29.7 Å². The zero-order valence-corrected chi connectivity index (χ0v) is 19.7. The smallest absolute Gasteiger partial charge is 0.410 e. The van der Waals surface area contributed by atoms with E-state index >= 15 is 0 Å². The largest absolute Gasteiger partial charge is 0.444 e. The fourth-order valence-corrected chi connectivity index (χ4v) is 4.06. The van der Waals surface area contributed by atoms with E-state index in [1.165, 1.54) is 9.13 Å². The molecule has 2 saturated heterocycles. The summed E-state index contributed by atoms with van der Waals surface area (Å²) >= 11 is 0. The van der Waals surface area contributed by atoms with E-state index in [1.54, 1.807) is 30.1 Å². The molecule has 0 bridgehead atoms. The van der Waals surface area contributed by atoms with Gasteiger partial charge in [0.15, 0.2) is 0 Å². The number of aromatic nitrogens is 2. The zero-order chi connectivity index (χ0) is 24.6. The van der Waals surface area contributed by atoms with Crippen LogP contribution in [0.25, 0.3) is 11.0 Å². The number of benzene rings is 1. The fraction of sp³-hybridized carbons (Fsp3) is 0.500. The van der Waals surface area contributed by atoms with E-state index in [0.29, 0.717) is 36.3 Å². The fourth-order valence-electron chi connectivity index (χ4n) is 4.06. The normalized spacial score (nSPS) is 21.1. The Kier molecular flexibility index (Phi) is 6.23.